The van der Waals surface area contributed by atoms with Gasteiger partial charge in [-0.1, -0.05) is 97.1 Å². The monoisotopic (exact) mass is 501 g/mol. The lowest BCUT2D eigenvalue weighted by Crippen LogP contribution is -2.27. The number of hydrogen-bond acceptors (Lipinski definition) is 4. The number of hydrogen-bond donors (Lipinski definition) is 0. The molecule has 5 aromatic rings. The molecule has 6 rings (SSSR count). The highest BCUT2D eigenvalue weighted by Crippen LogP contribution is 2.35. The topological polar surface area (TPSA) is 46.6 Å². The van der Waals surface area contributed by atoms with Gasteiger partial charge >= 0.3 is 0 Å². The summed E-state index contributed by atoms with van der Waals surface area (Å²) in [7, 11) is 0. The van der Waals surface area contributed by atoms with E-state index in [-0.39, 0.29) is 17.7 Å². The molecule has 180 valence electrons. The first-order valence-corrected chi connectivity index (χ1v) is 12.9. The molecule has 0 saturated carbocycles. The van der Waals surface area contributed by atoms with Crippen molar-refractivity contribution in [3.63, 3.8) is 0 Å². The summed E-state index contributed by atoms with van der Waals surface area (Å²) in [4.78, 5) is 27.8. The lowest BCUT2D eigenvalue weighted by atomic mass is 10.0. The molecule has 0 radical (unpaired) electrons. The van der Waals surface area contributed by atoms with Crippen molar-refractivity contribution in [3.05, 3.63) is 131 Å². The van der Waals surface area contributed by atoms with Gasteiger partial charge in [-0.05, 0) is 62.6 Å². The van der Waals surface area contributed by atoms with Gasteiger partial charge in [0.2, 0.25) is 0 Å². The molecule has 1 saturated heterocycles. The van der Waals surface area contributed by atoms with Crippen LogP contribution in [0.25, 0.3) is 27.6 Å². The van der Waals surface area contributed by atoms with E-state index in [9.17, 15) is 9.59 Å². The van der Waals surface area contributed by atoms with E-state index in [1.165, 1.54) is 10.3 Å². The minimum absolute atomic E-state index is 0.240. The highest BCUT2D eigenvalue weighted by molar-refractivity contribution is 8.18. The van der Waals surface area contributed by atoms with Gasteiger partial charge in [-0.2, -0.15) is 0 Å². The van der Waals surface area contributed by atoms with E-state index < -0.39 is 0 Å². The largest absolute Gasteiger partial charge is 0.488 e. The van der Waals surface area contributed by atoms with Crippen LogP contribution in [0.5, 0.6) is 5.75 Å². The molecule has 0 unspecified atom stereocenters. The van der Waals surface area contributed by atoms with Crippen LogP contribution in [0.4, 0.5) is 4.79 Å². The van der Waals surface area contributed by atoms with Crippen LogP contribution in [0.15, 0.2) is 114 Å². The van der Waals surface area contributed by atoms with Crippen molar-refractivity contribution in [3.8, 4) is 5.75 Å². The Hall–Kier alpha value is -4.35. The van der Waals surface area contributed by atoms with Gasteiger partial charge in [0.25, 0.3) is 11.1 Å². The van der Waals surface area contributed by atoms with Gasteiger partial charge in [-0.15, -0.1) is 0 Å². The number of amides is 2. The molecule has 1 aliphatic rings. The van der Waals surface area contributed by atoms with Gasteiger partial charge < -0.3 is 4.74 Å². The summed E-state index contributed by atoms with van der Waals surface area (Å²) >= 11 is 0.969. The van der Waals surface area contributed by atoms with E-state index in [0.717, 1.165) is 44.6 Å². The van der Waals surface area contributed by atoms with Crippen molar-refractivity contribution in [2.45, 2.75) is 13.2 Å². The van der Waals surface area contributed by atoms with Gasteiger partial charge in [0.1, 0.15) is 12.4 Å². The molecule has 0 spiro atoms. The van der Waals surface area contributed by atoms with Gasteiger partial charge in [0.15, 0.2) is 0 Å². The summed E-state index contributed by atoms with van der Waals surface area (Å²) in [6.45, 7) is 0.641. The number of nitrogens with zero attached hydrogens (tertiary/aromatic N) is 1. The molecule has 2 amide bonds. The Labute approximate surface area is 219 Å². The van der Waals surface area contributed by atoms with Crippen LogP contribution >= 0.6 is 11.8 Å². The van der Waals surface area contributed by atoms with Crippen LogP contribution in [0.2, 0.25) is 0 Å². The Morgan fingerprint density at radius 1 is 0.730 bits per heavy atom. The molecule has 5 heteroatoms. The Balaban J connectivity index is 1.22. The predicted molar refractivity (Wildman–Crippen MR) is 150 cm³/mol. The summed E-state index contributed by atoms with van der Waals surface area (Å²) in [5, 5.41) is 4.21. The maximum absolute atomic E-state index is 13.3. The van der Waals surface area contributed by atoms with Crippen molar-refractivity contribution < 1.29 is 14.3 Å². The normalized spacial score (nSPS) is 14.7. The number of thioether (sulfide) groups is 1. The van der Waals surface area contributed by atoms with Crippen LogP contribution in [0, 0.1) is 0 Å². The number of carbonyl (C=O) groups excluding carboxylic acids is 2. The van der Waals surface area contributed by atoms with Crippen molar-refractivity contribution in [2.75, 3.05) is 0 Å². The van der Waals surface area contributed by atoms with E-state index in [0.29, 0.717) is 17.3 Å². The maximum Gasteiger partial charge on any atom is 0.293 e. The van der Waals surface area contributed by atoms with Crippen molar-refractivity contribution in [2.24, 2.45) is 0 Å². The summed E-state index contributed by atoms with van der Waals surface area (Å²) in [5.74, 6) is 0.378. The fraction of sp³-hybridized carbons (Fsp3) is 0.0625. The lowest BCUT2D eigenvalue weighted by molar-refractivity contribution is -0.123. The molecular formula is C32H23NO3S. The molecule has 1 fully saturated rings. The molecule has 1 aliphatic heterocycles. The zero-order chi connectivity index (χ0) is 25.2. The van der Waals surface area contributed by atoms with Crippen LogP contribution < -0.4 is 4.74 Å². The zero-order valence-electron chi connectivity index (χ0n) is 20.0. The molecule has 0 atom stereocenters. The number of carbonyl (C=O) groups is 2. The van der Waals surface area contributed by atoms with Crippen LogP contribution in [0.3, 0.4) is 0 Å². The third-order valence-corrected chi connectivity index (χ3v) is 7.40. The predicted octanol–water partition coefficient (Wildman–Crippen LogP) is 7.81. The molecule has 37 heavy (non-hydrogen) atoms. The highest BCUT2D eigenvalue weighted by Gasteiger charge is 2.35. The SMILES string of the molecule is O=C1S/C(=C\c2ccccc2OCc2ccc3ccccc3c2)C(=O)N1Cc1cccc2ccccc12. The Bertz CT molecular complexity index is 1690. The van der Waals surface area contributed by atoms with Crippen molar-refractivity contribution in [1.29, 1.82) is 0 Å². The maximum atomic E-state index is 13.3. The zero-order valence-corrected chi connectivity index (χ0v) is 20.8. The van der Waals surface area contributed by atoms with Crippen molar-refractivity contribution >= 4 is 50.5 Å². The number of ether oxygens (including phenoxy) is 1. The van der Waals surface area contributed by atoms with E-state index in [1.807, 2.05) is 78.9 Å². The van der Waals surface area contributed by atoms with Crippen molar-refractivity contribution in [1.82, 2.24) is 4.90 Å². The third-order valence-electron chi connectivity index (χ3n) is 6.50. The number of para-hydroxylation sites is 1. The molecule has 1 heterocycles. The lowest BCUT2D eigenvalue weighted by Gasteiger charge is -2.14. The Morgan fingerprint density at radius 2 is 1.46 bits per heavy atom. The van der Waals surface area contributed by atoms with Crippen LogP contribution in [-0.2, 0) is 17.9 Å². The summed E-state index contributed by atoms with van der Waals surface area (Å²) < 4.78 is 6.15. The number of rotatable bonds is 6. The standard InChI is InChI=1S/C32H23NO3S/c34-31-30(37-32(35)33(31)20-27-13-7-12-24-9-3-5-14-28(24)27)19-26-11-4-6-15-29(26)36-21-22-16-17-23-8-1-2-10-25(23)18-22/h1-19H,20-21H2/b30-19-. The van der Waals surface area contributed by atoms with Gasteiger partial charge in [-0.25, -0.2) is 0 Å². The average molecular weight is 502 g/mol. The smallest absolute Gasteiger partial charge is 0.293 e. The third kappa shape index (κ3) is 4.74. The van der Waals surface area contributed by atoms with E-state index >= 15 is 0 Å². The van der Waals surface area contributed by atoms with Gasteiger partial charge in [0, 0.05) is 5.56 Å². The first-order valence-electron chi connectivity index (χ1n) is 12.1. The minimum atomic E-state index is -0.285. The molecule has 5 aromatic carbocycles. The van der Waals surface area contributed by atoms with E-state index in [4.69, 9.17) is 4.74 Å². The first kappa shape index (κ1) is 23.1. The molecule has 0 N–H and O–H groups in total. The van der Waals surface area contributed by atoms with Crippen LogP contribution in [0.1, 0.15) is 16.7 Å². The second kappa shape index (κ2) is 9.96. The fourth-order valence-corrected chi connectivity index (χ4v) is 5.43. The van der Waals surface area contributed by atoms with Gasteiger partial charge in [0.05, 0.1) is 11.4 Å². The molecule has 0 aliphatic carbocycles. The average Bonchev–Trinajstić information content (AvgIpc) is 3.20. The second-order valence-electron chi connectivity index (χ2n) is 8.91. The highest BCUT2D eigenvalue weighted by atomic mass is 32.2. The Morgan fingerprint density at radius 3 is 2.35 bits per heavy atom. The number of imide groups is 1. The first-order chi connectivity index (χ1) is 18.2. The molecule has 0 aromatic heterocycles. The second-order valence-corrected chi connectivity index (χ2v) is 9.91. The molecular weight excluding hydrogens is 478 g/mol. The summed E-state index contributed by atoms with van der Waals surface area (Å²) in [6.07, 6.45) is 1.75. The quantitative estimate of drug-likeness (QED) is 0.223. The summed E-state index contributed by atoms with van der Waals surface area (Å²) in [5.41, 5.74) is 2.77. The van der Waals surface area contributed by atoms with Crippen LogP contribution in [-0.4, -0.2) is 16.0 Å². The van der Waals surface area contributed by atoms with E-state index in [1.54, 1.807) is 6.08 Å². The van der Waals surface area contributed by atoms with E-state index in [2.05, 4.69) is 30.3 Å². The fourth-order valence-electron chi connectivity index (χ4n) is 4.60. The number of fused-ring (bicyclic) bond motifs is 2. The summed E-state index contributed by atoms with van der Waals surface area (Å²) in [6, 6.07) is 36.0. The number of benzene rings is 5. The Kier molecular flexibility index (Phi) is 6.21. The molecule has 0 bridgehead atoms. The van der Waals surface area contributed by atoms with Gasteiger partial charge in [-0.3, -0.25) is 14.5 Å². The minimum Gasteiger partial charge on any atom is -0.488 e. The molecule has 4 nitrogen and oxygen atoms in total.